The first-order chi connectivity index (χ1) is 9.83. The summed E-state index contributed by atoms with van der Waals surface area (Å²) in [5.41, 5.74) is 3.71. The number of benzene rings is 1. The number of aryl methyl sites for hydroxylation is 1. The third-order valence-electron chi connectivity index (χ3n) is 3.23. The van der Waals surface area contributed by atoms with Gasteiger partial charge in [0.2, 0.25) is 0 Å². The predicted octanol–water partition coefficient (Wildman–Crippen LogP) is 3.05. The van der Waals surface area contributed by atoms with Crippen molar-refractivity contribution in [2.45, 2.75) is 20.0 Å². The molecule has 0 radical (unpaired) electrons. The van der Waals surface area contributed by atoms with Gasteiger partial charge in [0, 0.05) is 0 Å². The highest BCUT2D eigenvalue weighted by Gasteiger charge is 2.16. The molecule has 0 aliphatic carbocycles. The normalized spacial score (nSPS) is 10.9. The lowest BCUT2D eigenvalue weighted by Crippen LogP contribution is -1.99. The quantitative estimate of drug-likeness (QED) is 0.801. The minimum atomic E-state index is -0.111. The van der Waals surface area contributed by atoms with Crippen LogP contribution in [0.4, 0.5) is 0 Å². The number of aromatic nitrogens is 3. The van der Waals surface area contributed by atoms with Crippen LogP contribution in [0.5, 0.6) is 0 Å². The van der Waals surface area contributed by atoms with E-state index in [0.29, 0.717) is 5.69 Å². The molecule has 3 rings (SSSR count). The van der Waals surface area contributed by atoms with Crippen molar-refractivity contribution in [3.63, 3.8) is 0 Å². The monoisotopic (exact) mass is 285 g/mol. The number of hydrogen-bond donors (Lipinski definition) is 1. The first-order valence-electron chi connectivity index (χ1n) is 6.52. The molecule has 0 saturated carbocycles. The summed E-state index contributed by atoms with van der Waals surface area (Å²) in [5, 5.41) is 19.7. The minimum absolute atomic E-state index is 0.111. The molecule has 0 fully saturated rings. The van der Waals surface area contributed by atoms with Crippen molar-refractivity contribution in [1.29, 1.82) is 0 Å². The third-order valence-corrected chi connectivity index (χ3v) is 4.11. The average Bonchev–Trinajstić information content (AvgIpc) is 3.15. The van der Waals surface area contributed by atoms with Crippen LogP contribution in [0.25, 0.3) is 16.3 Å². The van der Waals surface area contributed by atoms with Crippen LogP contribution < -0.4 is 0 Å². The SMILES string of the molecule is CCc1ccc(-n2nnc(CO)c2-c2cccs2)cc1. The Morgan fingerprint density at radius 1 is 1.20 bits per heavy atom. The van der Waals surface area contributed by atoms with E-state index in [2.05, 4.69) is 29.4 Å². The Morgan fingerprint density at radius 3 is 2.60 bits per heavy atom. The second-order valence-corrected chi connectivity index (χ2v) is 5.40. The van der Waals surface area contributed by atoms with Crippen molar-refractivity contribution in [3.05, 3.63) is 53.0 Å². The standard InChI is InChI=1S/C15H15N3OS/c1-2-11-5-7-12(8-6-11)18-15(13(10-19)16-17-18)14-4-3-9-20-14/h3-9,19H,2,10H2,1H3. The summed E-state index contributed by atoms with van der Waals surface area (Å²) < 4.78 is 1.79. The molecular formula is C15H15N3OS. The molecule has 1 aromatic carbocycles. The molecule has 2 aromatic heterocycles. The predicted molar refractivity (Wildman–Crippen MR) is 80.0 cm³/mol. The minimum Gasteiger partial charge on any atom is -0.390 e. The smallest absolute Gasteiger partial charge is 0.117 e. The molecule has 3 aromatic rings. The van der Waals surface area contributed by atoms with Crippen molar-refractivity contribution in [2.24, 2.45) is 0 Å². The van der Waals surface area contributed by atoms with Gasteiger partial charge in [-0.2, -0.15) is 0 Å². The first-order valence-corrected chi connectivity index (χ1v) is 7.40. The number of hydrogen-bond acceptors (Lipinski definition) is 4. The Hall–Kier alpha value is -1.98. The second-order valence-electron chi connectivity index (χ2n) is 4.45. The molecule has 0 amide bonds. The highest BCUT2D eigenvalue weighted by molar-refractivity contribution is 7.13. The molecule has 20 heavy (non-hydrogen) atoms. The molecule has 5 heteroatoms. The molecule has 4 nitrogen and oxygen atoms in total. The molecule has 102 valence electrons. The van der Waals surface area contributed by atoms with Crippen LogP contribution in [0, 0.1) is 0 Å². The van der Waals surface area contributed by atoms with Crippen LogP contribution in [-0.4, -0.2) is 20.1 Å². The van der Waals surface area contributed by atoms with Gasteiger partial charge >= 0.3 is 0 Å². The van der Waals surface area contributed by atoms with Gasteiger partial charge in [-0.1, -0.05) is 30.3 Å². The fraction of sp³-hybridized carbons (Fsp3) is 0.200. The number of aliphatic hydroxyl groups excluding tert-OH is 1. The van der Waals surface area contributed by atoms with E-state index in [1.807, 2.05) is 29.6 Å². The van der Waals surface area contributed by atoms with Gasteiger partial charge in [0.25, 0.3) is 0 Å². The number of nitrogens with zero attached hydrogens (tertiary/aromatic N) is 3. The van der Waals surface area contributed by atoms with E-state index in [-0.39, 0.29) is 6.61 Å². The van der Waals surface area contributed by atoms with E-state index in [1.54, 1.807) is 16.0 Å². The summed E-state index contributed by atoms with van der Waals surface area (Å²) >= 11 is 1.61. The van der Waals surface area contributed by atoms with Crippen LogP contribution >= 0.6 is 11.3 Å². The molecule has 0 atom stereocenters. The summed E-state index contributed by atoms with van der Waals surface area (Å²) in [6, 6.07) is 12.2. The van der Waals surface area contributed by atoms with Gasteiger partial charge in [-0.3, -0.25) is 0 Å². The van der Waals surface area contributed by atoms with Crippen molar-refractivity contribution in [2.75, 3.05) is 0 Å². The van der Waals surface area contributed by atoms with E-state index >= 15 is 0 Å². The highest BCUT2D eigenvalue weighted by atomic mass is 32.1. The number of thiophene rings is 1. The van der Waals surface area contributed by atoms with E-state index in [9.17, 15) is 5.11 Å². The van der Waals surface area contributed by atoms with Gasteiger partial charge in [-0.25, -0.2) is 4.68 Å². The van der Waals surface area contributed by atoms with Gasteiger partial charge in [0.05, 0.1) is 17.2 Å². The molecule has 0 aliphatic heterocycles. The average molecular weight is 285 g/mol. The van der Waals surface area contributed by atoms with Gasteiger partial charge < -0.3 is 5.11 Å². The van der Waals surface area contributed by atoms with E-state index in [0.717, 1.165) is 22.7 Å². The molecule has 0 bridgehead atoms. The van der Waals surface area contributed by atoms with Gasteiger partial charge in [-0.15, -0.1) is 16.4 Å². The van der Waals surface area contributed by atoms with Crippen molar-refractivity contribution >= 4 is 11.3 Å². The van der Waals surface area contributed by atoms with Crippen molar-refractivity contribution in [3.8, 4) is 16.3 Å². The molecule has 0 saturated heterocycles. The Bertz CT molecular complexity index is 686. The van der Waals surface area contributed by atoms with E-state index in [1.165, 1.54) is 5.56 Å². The van der Waals surface area contributed by atoms with E-state index in [4.69, 9.17) is 0 Å². The van der Waals surface area contributed by atoms with Crippen LogP contribution in [0.1, 0.15) is 18.2 Å². The fourth-order valence-electron chi connectivity index (χ4n) is 2.13. The second kappa shape index (κ2) is 5.56. The lowest BCUT2D eigenvalue weighted by atomic mass is 10.1. The van der Waals surface area contributed by atoms with Crippen molar-refractivity contribution in [1.82, 2.24) is 15.0 Å². The zero-order valence-electron chi connectivity index (χ0n) is 11.2. The first kappa shape index (κ1) is 13.0. The molecule has 0 unspecified atom stereocenters. The number of rotatable bonds is 4. The number of aliphatic hydroxyl groups is 1. The molecule has 2 heterocycles. The molecule has 0 aliphatic rings. The van der Waals surface area contributed by atoms with Gasteiger partial charge in [0.1, 0.15) is 11.4 Å². The van der Waals surface area contributed by atoms with Crippen molar-refractivity contribution < 1.29 is 5.11 Å². The lowest BCUT2D eigenvalue weighted by Gasteiger charge is -2.06. The zero-order valence-corrected chi connectivity index (χ0v) is 12.0. The van der Waals surface area contributed by atoms with Gasteiger partial charge in [0.15, 0.2) is 0 Å². The van der Waals surface area contributed by atoms with Gasteiger partial charge in [-0.05, 0) is 35.6 Å². The Morgan fingerprint density at radius 2 is 2.00 bits per heavy atom. The van der Waals surface area contributed by atoms with Crippen LogP contribution in [-0.2, 0) is 13.0 Å². The van der Waals surface area contributed by atoms with Crippen LogP contribution in [0.3, 0.4) is 0 Å². The maximum atomic E-state index is 9.45. The largest absolute Gasteiger partial charge is 0.390 e. The Kier molecular flexibility index (Phi) is 3.62. The highest BCUT2D eigenvalue weighted by Crippen LogP contribution is 2.29. The van der Waals surface area contributed by atoms with E-state index < -0.39 is 0 Å². The topological polar surface area (TPSA) is 50.9 Å². The molecule has 1 N–H and O–H groups in total. The third kappa shape index (κ3) is 2.26. The summed E-state index contributed by atoms with van der Waals surface area (Å²) in [5.74, 6) is 0. The summed E-state index contributed by atoms with van der Waals surface area (Å²) in [7, 11) is 0. The summed E-state index contributed by atoms with van der Waals surface area (Å²) in [6.45, 7) is 2.02. The summed E-state index contributed by atoms with van der Waals surface area (Å²) in [4.78, 5) is 1.05. The Labute approximate surface area is 121 Å². The lowest BCUT2D eigenvalue weighted by molar-refractivity contribution is 0.277. The zero-order chi connectivity index (χ0) is 13.9. The van der Waals surface area contributed by atoms with Crippen LogP contribution in [0.15, 0.2) is 41.8 Å². The fourth-order valence-corrected chi connectivity index (χ4v) is 2.91. The molecule has 0 spiro atoms. The van der Waals surface area contributed by atoms with Crippen LogP contribution in [0.2, 0.25) is 0 Å². The maximum Gasteiger partial charge on any atom is 0.117 e. The Balaban J connectivity index is 2.11. The summed E-state index contributed by atoms with van der Waals surface area (Å²) in [6.07, 6.45) is 1.01. The maximum absolute atomic E-state index is 9.45. The molecular weight excluding hydrogens is 270 g/mol.